The SMILES string of the molecule is CC(=O)c1ccc(C(=O)N2C[C@@H](NC(=O)[C@H](C)NC(=O)O)[N+](=O)Cc3ccccc32)cc1. The number of benzene rings is 2. The van der Waals surface area contributed by atoms with Crippen LogP contribution in [0.15, 0.2) is 48.5 Å². The van der Waals surface area contributed by atoms with Gasteiger partial charge in [-0.2, -0.15) is 0 Å². The van der Waals surface area contributed by atoms with E-state index in [0.717, 1.165) is 0 Å². The fourth-order valence-electron chi connectivity index (χ4n) is 3.40. The van der Waals surface area contributed by atoms with Crippen LogP contribution in [0, 0.1) is 4.91 Å². The highest BCUT2D eigenvalue weighted by Gasteiger charge is 2.38. The van der Waals surface area contributed by atoms with E-state index in [1.807, 2.05) is 5.32 Å². The van der Waals surface area contributed by atoms with E-state index in [2.05, 4.69) is 5.32 Å². The quantitative estimate of drug-likeness (QED) is 0.481. The number of carbonyl (C=O) groups excluding carboxylic acids is 3. The number of anilines is 1. The number of Topliss-reactive ketones (excluding diaryl/α,β-unsaturated/α-hetero) is 1. The van der Waals surface area contributed by atoms with Crippen molar-refractivity contribution in [2.75, 3.05) is 11.4 Å². The largest absolute Gasteiger partial charge is 0.465 e. The molecule has 0 aliphatic carbocycles. The Balaban J connectivity index is 1.91. The van der Waals surface area contributed by atoms with Crippen LogP contribution in [0.4, 0.5) is 10.5 Å². The number of rotatable bonds is 5. The van der Waals surface area contributed by atoms with E-state index in [4.69, 9.17) is 5.11 Å². The number of ketones is 1. The number of nitrogens with one attached hydrogen (secondary N) is 2. The summed E-state index contributed by atoms with van der Waals surface area (Å²) in [7, 11) is 0. The lowest BCUT2D eigenvalue weighted by atomic mass is 10.1. The zero-order valence-corrected chi connectivity index (χ0v) is 17.6. The number of carboxylic acid groups (broad SMARTS) is 1. The molecule has 10 nitrogen and oxygen atoms in total. The van der Waals surface area contributed by atoms with Crippen molar-refractivity contribution in [3.63, 3.8) is 0 Å². The van der Waals surface area contributed by atoms with Gasteiger partial charge in [-0.1, -0.05) is 30.3 Å². The molecule has 2 aromatic carbocycles. The number of nitroso groups, excluding NO2 is 1. The van der Waals surface area contributed by atoms with Crippen LogP contribution in [0.5, 0.6) is 0 Å². The van der Waals surface area contributed by atoms with Gasteiger partial charge in [-0.25, -0.2) is 4.79 Å². The van der Waals surface area contributed by atoms with Gasteiger partial charge in [0, 0.05) is 26.4 Å². The first-order valence-electron chi connectivity index (χ1n) is 9.91. The molecule has 0 radical (unpaired) electrons. The Kier molecular flexibility index (Phi) is 6.62. The molecule has 1 aliphatic heterocycles. The molecular formula is C22H23N4O6+. The van der Waals surface area contributed by atoms with Crippen LogP contribution < -0.4 is 15.5 Å². The van der Waals surface area contributed by atoms with E-state index in [1.54, 1.807) is 36.4 Å². The lowest BCUT2D eigenvalue weighted by Crippen LogP contribution is -2.54. The fourth-order valence-corrected chi connectivity index (χ4v) is 3.40. The summed E-state index contributed by atoms with van der Waals surface area (Å²) in [6.45, 7) is 2.55. The average molecular weight is 439 g/mol. The first-order valence-corrected chi connectivity index (χ1v) is 9.91. The van der Waals surface area contributed by atoms with E-state index in [0.29, 0.717) is 27.1 Å². The third-order valence-corrected chi connectivity index (χ3v) is 5.14. The van der Waals surface area contributed by atoms with Crippen LogP contribution >= 0.6 is 0 Å². The normalized spacial score (nSPS) is 16.4. The first kappa shape index (κ1) is 22.6. The van der Waals surface area contributed by atoms with Gasteiger partial charge in [0.1, 0.15) is 12.6 Å². The van der Waals surface area contributed by atoms with E-state index in [-0.39, 0.29) is 18.9 Å². The van der Waals surface area contributed by atoms with Crippen LogP contribution in [-0.4, -0.2) is 52.3 Å². The molecule has 0 bridgehead atoms. The molecule has 2 atom stereocenters. The minimum atomic E-state index is -1.37. The third-order valence-electron chi connectivity index (χ3n) is 5.14. The van der Waals surface area contributed by atoms with Crippen molar-refractivity contribution in [1.29, 1.82) is 0 Å². The Labute approximate surface area is 183 Å². The molecule has 0 spiro atoms. The van der Waals surface area contributed by atoms with E-state index >= 15 is 0 Å². The Hall–Kier alpha value is -4.08. The van der Waals surface area contributed by atoms with E-state index in [1.165, 1.54) is 30.9 Å². The summed E-state index contributed by atoms with van der Waals surface area (Å²) >= 11 is 0. The van der Waals surface area contributed by atoms with Gasteiger partial charge in [-0.05, 0) is 32.0 Å². The number of hydrogen-bond donors (Lipinski definition) is 3. The van der Waals surface area contributed by atoms with Crippen LogP contribution in [0.2, 0.25) is 0 Å². The summed E-state index contributed by atoms with van der Waals surface area (Å²) < 4.78 is 0.649. The molecule has 0 aromatic heterocycles. The number of para-hydroxylation sites is 1. The molecule has 3 N–H and O–H groups in total. The van der Waals surface area contributed by atoms with Crippen molar-refractivity contribution in [2.24, 2.45) is 0 Å². The van der Waals surface area contributed by atoms with Gasteiger partial charge in [0.2, 0.25) is 12.5 Å². The summed E-state index contributed by atoms with van der Waals surface area (Å²) in [4.78, 5) is 62.2. The zero-order valence-electron chi connectivity index (χ0n) is 17.6. The van der Waals surface area contributed by atoms with Crippen LogP contribution in [0.3, 0.4) is 0 Å². The summed E-state index contributed by atoms with van der Waals surface area (Å²) in [5, 5.41) is 13.4. The monoisotopic (exact) mass is 439 g/mol. The van der Waals surface area contributed by atoms with E-state index in [9.17, 15) is 24.1 Å². The first-order chi connectivity index (χ1) is 15.2. The lowest BCUT2D eigenvalue weighted by Gasteiger charge is -2.23. The number of hydrogen-bond acceptors (Lipinski definition) is 5. The maximum atomic E-state index is 13.3. The molecule has 10 heteroatoms. The van der Waals surface area contributed by atoms with Crippen LogP contribution in [0.1, 0.15) is 40.1 Å². The van der Waals surface area contributed by atoms with Gasteiger partial charge in [-0.3, -0.25) is 24.6 Å². The standard InChI is InChI=1S/C22H22N4O6/c1-13(23-22(30)31)20(28)24-19-12-25(18-6-4-3-5-17(18)11-26(19)32)21(29)16-9-7-15(8-10-16)14(2)27/h3-10,13,19,23H,11-12H2,1-2H3,(H-,24,28,30,31)/p+1/t13-,19-/m0/s1. The molecule has 0 fully saturated rings. The summed E-state index contributed by atoms with van der Waals surface area (Å²) in [5.74, 6) is -1.22. The van der Waals surface area contributed by atoms with Gasteiger partial charge in [0.25, 0.3) is 12.1 Å². The smallest absolute Gasteiger partial charge is 0.405 e. The Morgan fingerprint density at radius 2 is 1.69 bits per heavy atom. The number of nitrogens with zero attached hydrogens (tertiary/aromatic N) is 2. The van der Waals surface area contributed by atoms with Crippen molar-refractivity contribution in [2.45, 2.75) is 32.6 Å². The molecular weight excluding hydrogens is 416 g/mol. The van der Waals surface area contributed by atoms with E-state index < -0.39 is 30.1 Å². The molecule has 166 valence electrons. The van der Waals surface area contributed by atoms with Gasteiger partial charge < -0.3 is 10.4 Å². The van der Waals surface area contributed by atoms with Crippen molar-refractivity contribution < 1.29 is 29.0 Å². The summed E-state index contributed by atoms with van der Waals surface area (Å²) in [5.41, 5.74) is 1.91. The topological polar surface area (TPSA) is 136 Å². The second-order valence-corrected chi connectivity index (χ2v) is 7.45. The van der Waals surface area contributed by atoms with Crippen molar-refractivity contribution in [3.05, 3.63) is 70.1 Å². The summed E-state index contributed by atoms with van der Waals surface area (Å²) in [6.07, 6.45) is -2.47. The molecule has 32 heavy (non-hydrogen) atoms. The molecule has 0 saturated heterocycles. The zero-order chi connectivity index (χ0) is 23.4. The average Bonchev–Trinajstić information content (AvgIpc) is 2.89. The third kappa shape index (κ3) is 4.97. The Morgan fingerprint density at radius 3 is 2.31 bits per heavy atom. The molecule has 0 saturated carbocycles. The van der Waals surface area contributed by atoms with Crippen LogP contribution in [0.25, 0.3) is 0 Å². The number of amides is 3. The molecule has 0 unspecified atom stereocenters. The highest BCUT2D eigenvalue weighted by molar-refractivity contribution is 6.07. The molecule has 1 heterocycles. The molecule has 3 amide bonds. The van der Waals surface area contributed by atoms with Gasteiger partial charge in [-0.15, -0.1) is 0 Å². The maximum Gasteiger partial charge on any atom is 0.405 e. The Morgan fingerprint density at radius 1 is 1.06 bits per heavy atom. The Bertz CT molecular complexity index is 1080. The van der Waals surface area contributed by atoms with Gasteiger partial charge in [0.15, 0.2) is 5.78 Å². The lowest BCUT2D eigenvalue weighted by molar-refractivity contribution is -0.601. The van der Waals surface area contributed by atoms with Gasteiger partial charge in [0.05, 0.1) is 5.69 Å². The van der Waals surface area contributed by atoms with Crippen molar-refractivity contribution in [1.82, 2.24) is 10.6 Å². The van der Waals surface area contributed by atoms with Crippen molar-refractivity contribution >= 4 is 29.4 Å². The number of carbonyl (C=O) groups is 4. The van der Waals surface area contributed by atoms with Gasteiger partial charge >= 0.3 is 6.09 Å². The highest BCUT2D eigenvalue weighted by atomic mass is 16.4. The van der Waals surface area contributed by atoms with Crippen molar-refractivity contribution in [3.8, 4) is 0 Å². The maximum absolute atomic E-state index is 13.3. The minimum absolute atomic E-state index is 0.0745. The second kappa shape index (κ2) is 9.38. The highest BCUT2D eigenvalue weighted by Crippen LogP contribution is 2.26. The van der Waals surface area contributed by atoms with Crippen LogP contribution in [-0.2, 0) is 11.3 Å². The molecule has 3 rings (SSSR count). The second-order valence-electron chi connectivity index (χ2n) is 7.45. The molecule has 2 aromatic rings. The fraction of sp³-hybridized carbons (Fsp3) is 0.273. The number of fused-ring (bicyclic) bond motifs is 1. The molecule has 1 aliphatic rings. The summed E-state index contributed by atoms with van der Waals surface area (Å²) in [6, 6.07) is 12.0. The predicted molar refractivity (Wildman–Crippen MR) is 114 cm³/mol. The minimum Gasteiger partial charge on any atom is -0.465 e. The predicted octanol–water partition coefficient (Wildman–Crippen LogP) is 1.93.